The fourth-order valence-electron chi connectivity index (χ4n) is 2.20. The van der Waals surface area contributed by atoms with Crippen molar-refractivity contribution in [2.75, 3.05) is 5.32 Å². The number of anilines is 1. The Morgan fingerprint density at radius 2 is 1.92 bits per heavy atom. The number of oxazole rings is 1. The summed E-state index contributed by atoms with van der Waals surface area (Å²) in [5, 5.41) is 20.5. The van der Waals surface area contributed by atoms with Gasteiger partial charge in [-0.15, -0.1) is 0 Å². The highest BCUT2D eigenvalue weighted by Gasteiger charge is 2.18. The van der Waals surface area contributed by atoms with Crippen molar-refractivity contribution >= 4 is 33.5 Å². The Hall–Kier alpha value is -3.44. The van der Waals surface area contributed by atoms with Gasteiger partial charge < -0.3 is 14.8 Å². The molecule has 1 aromatic heterocycles. The molecule has 0 aliphatic heterocycles. The van der Waals surface area contributed by atoms with Crippen molar-refractivity contribution in [3.05, 3.63) is 70.2 Å². The first-order valence-electron chi connectivity index (χ1n) is 7.28. The molecule has 0 spiro atoms. The van der Waals surface area contributed by atoms with E-state index in [0.717, 1.165) is 0 Å². The molecule has 0 unspecified atom stereocenters. The normalized spacial score (nSPS) is 10.2. The Morgan fingerprint density at radius 1 is 1.19 bits per heavy atom. The van der Waals surface area contributed by atoms with E-state index in [4.69, 9.17) is 9.68 Å². The molecule has 2 N–H and O–H groups in total. The number of hydrogen-bond donors (Lipinski definition) is 2. The van der Waals surface area contributed by atoms with Crippen LogP contribution in [-0.4, -0.2) is 22.0 Å². The summed E-state index contributed by atoms with van der Waals surface area (Å²) in [5.74, 6) is -1.69. The van der Waals surface area contributed by atoms with Gasteiger partial charge in [0.2, 0.25) is 0 Å². The second kappa shape index (κ2) is 7.21. The number of halogens is 1. The van der Waals surface area contributed by atoms with Crippen molar-refractivity contribution in [2.45, 2.75) is 0 Å². The maximum Gasteiger partial charge on any atom is 0.337 e. The summed E-state index contributed by atoms with van der Waals surface area (Å²) < 4.78 is 6.01. The zero-order chi connectivity index (χ0) is 18.7. The van der Waals surface area contributed by atoms with E-state index in [2.05, 4.69) is 26.2 Å². The van der Waals surface area contributed by atoms with Gasteiger partial charge in [-0.1, -0.05) is 15.9 Å². The highest BCUT2D eigenvalue weighted by molar-refractivity contribution is 9.10. The molecule has 0 aliphatic carbocycles. The van der Waals surface area contributed by atoms with E-state index in [1.165, 1.54) is 18.3 Å². The number of aromatic carboxylic acids is 1. The Morgan fingerprint density at radius 3 is 2.58 bits per heavy atom. The molecule has 0 saturated heterocycles. The summed E-state index contributed by atoms with van der Waals surface area (Å²) in [5.41, 5.74) is 1.23. The lowest BCUT2D eigenvalue weighted by Gasteiger charge is -2.07. The third-order valence-corrected chi connectivity index (χ3v) is 3.95. The molecule has 3 aromatic rings. The highest BCUT2D eigenvalue weighted by Crippen LogP contribution is 2.24. The second-order valence-electron chi connectivity index (χ2n) is 5.17. The first-order chi connectivity index (χ1) is 12.5. The molecule has 7 nitrogen and oxygen atoms in total. The number of aromatic nitrogens is 1. The smallest absolute Gasteiger partial charge is 0.337 e. The van der Waals surface area contributed by atoms with Gasteiger partial charge in [0.05, 0.1) is 29.1 Å². The number of nitrogens with one attached hydrogen (secondary N) is 1. The van der Waals surface area contributed by atoms with Crippen molar-refractivity contribution in [1.82, 2.24) is 4.98 Å². The van der Waals surface area contributed by atoms with Crippen LogP contribution in [0.4, 0.5) is 5.69 Å². The molecule has 0 atom stereocenters. The molecule has 0 radical (unpaired) electrons. The first kappa shape index (κ1) is 17.4. The zero-order valence-corrected chi connectivity index (χ0v) is 14.6. The van der Waals surface area contributed by atoms with Crippen LogP contribution in [0.5, 0.6) is 0 Å². The number of carboxylic acids is 1. The molecule has 0 bridgehead atoms. The summed E-state index contributed by atoms with van der Waals surface area (Å²) in [4.78, 5) is 27.5. The molecule has 2 aromatic carbocycles. The third kappa shape index (κ3) is 3.63. The molecule has 0 fully saturated rings. The Balaban J connectivity index is 1.83. The largest absolute Gasteiger partial charge is 0.478 e. The van der Waals surface area contributed by atoms with Crippen molar-refractivity contribution in [2.24, 2.45) is 0 Å². The molecule has 26 heavy (non-hydrogen) atoms. The zero-order valence-electron chi connectivity index (χ0n) is 13.1. The minimum Gasteiger partial charge on any atom is -0.478 e. The topological polar surface area (TPSA) is 116 Å². The second-order valence-corrected chi connectivity index (χ2v) is 6.08. The lowest BCUT2D eigenvalue weighted by Crippen LogP contribution is -2.15. The number of carboxylic acid groups (broad SMARTS) is 1. The average Bonchev–Trinajstić information content (AvgIpc) is 3.13. The molecule has 0 saturated carbocycles. The lowest BCUT2D eigenvalue weighted by atomic mass is 10.1. The van der Waals surface area contributed by atoms with Gasteiger partial charge in [0.15, 0.2) is 5.76 Å². The molecule has 0 aliphatic rings. The van der Waals surface area contributed by atoms with Gasteiger partial charge in [0, 0.05) is 10.0 Å². The standard InChI is InChI=1S/C18H10BrN3O4/c19-12-5-6-14(13(7-12)18(24)25)22-16(23)17-21-9-15(26-17)11-3-1-10(8-20)2-4-11/h1-7,9H,(H,22,23)(H,24,25). The quantitative estimate of drug-likeness (QED) is 0.671. The van der Waals surface area contributed by atoms with E-state index >= 15 is 0 Å². The fraction of sp³-hybridized carbons (Fsp3) is 0. The van der Waals surface area contributed by atoms with Crippen LogP contribution in [0.15, 0.2) is 57.6 Å². The van der Waals surface area contributed by atoms with Gasteiger partial charge >= 0.3 is 11.9 Å². The van der Waals surface area contributed by atoms with Crippen LogP contribution in [0.3, 0.4) is 0 Å². The lowest BCUT2D eigenvalue weighted by molar-refractivity contribution is 0.0698. The monoisotopic (exact) mass is 411 g/mol. The van der Waals surface area contributed by atoms with Crippen LogP contribution in [0, 0.1) is 11.3 Å². The minimum absolute atomic E-state index is 0.0633. The van der Waals surface area contributed by atoms with Gasteiger partial charge in [0.1, 0.15) is 0 Å². The Labute approximate surface area is 156 Å². The number of benzene rings is 2. The number of amides is 1. The van der Waals surface area contributed by atoms with E-state index in [9.17, 15) is 14.7 Å². The maximum absolute atomic E-state index is 12.3. The minimum atomic E-state index is -1.17. The van der Waals surface area contributed by atoms with Gasteiger partial charge in [-0.05, 0) is 42.5 Å². The molecule has 1 amide bonds. The van der Waals surface area contributed by atoms with Crippen molar-refractivity contribution < 1.29 is 19.1 Å². The van der Waals surface area contributed by atoms with E-state index in [1.54, 1.807) is 30.3 Å². The summed E-state index contributed by atoms with van der Waals surface area (Å²) in [6, 6.07) is 13.1. The number of carbonyl (C=O) groups is 2. The first-order valence-corrected chi connectivity index (χ1v) is 8.08. The van der Waals surface area contributed by atoms with Crippen molar-refractivity contribution in [3.8, 4) is 17.4 Å². The third-order valence-electron chi connectivity index (χ3n) is 3.46. The molecular formula is C18H10BrN3O4. The maximum atomic E-state index is 12.3. The SMILES string of the molecule is N#Cc1ccc(-c2cnc(C(=O)Nc3ccc(Br)cc3C(=O)O)o2)cc1. The predicted molar refractivity (Wildman–Crippen MR) is 95.7 cm³/mol. The number of nitrogens with zero attached hydrogens (tertiary/aromatic N) is 2. The van der Waals surface area contributed by atoms with Crippen LogP contribution in [-0.2, 0) is 0 Å². The Kier molecular flexibility index (Phi) is 4.82. The number of rotatable bonds is 4. The molecular weight excluding hydrogens is 402 g/mol. The molecule has 1 heterocycles. The van der Waals surface area contributed by atoms with E-state index < -0.39 is 11.9 Å². The summed E-state index contributed by atoms with van der Waals surface area (Å²) >= 11 is 3.19. The van der Waals surface area contributed by atoms with Crippen LogP contribution in [0.1, 0.15) is 26.6 Å². The number of nitriles is 1. The van der Waals surface area contributed by atoms with Crippen LogP contribution >= 0.6 is 15.9 Å². The summed E-state index contributed by atoms with van der Waals surface area (Å²) in [7, 11) is 0. The molecule has 8 heteroatoms. The van der Waals surface area contributed by atoms with Crippen LogP contribution < -0.4 is 5.32 Å². The van der Waals surface area contributed by atoms with Crippen molar-refractivity contribution in [3.63, 3.8) is 0 Å². The summed E-state index contributed by atoms with van der Waals surface area (Å²) in [6.07, 6.45) is 1.38. The fourth-order valence-corrected chi connectivity index (χ4v) is 2.56. The van der Waals surface area contributed by atoms with E-state index in [0.29, 0.717) is 21.4 Å². The summed E-state index contributed by atoms with van der Waals surface area (Å²) in [6.45, 7) is 0. The van der Waals surface area contributed by atoms with Gasteiger partial charge in [-0.2, -0.15) is 5.26 Å². The highest BCUT2D eigenvalue weighted by atomic mass is 79.9. The Bertz CT molecular complexity index is 1040. The predicted octanol–water partition coefficient (Wildman–Crippen LogP) is 3.93. The number of hydrogen-bond acceptors (Lipinski definition) is 5. The van der Waals surface area contributed by atoms with Crippen LogP contribution in [0.2, 0.25) is 0 Å². The molecule has 3 rings (SSSR count). The van der Waals surface area contributed by atoms with Gasteiger partial charge in [-0.3, -0.25) is 4.79 Å². The number of carbonyl (C=O) groups excluding carboxylic acids is 1. The van der Waals surface area contributed by atoms with Gasteiger partial charge in [0.25, 0.3) is 5.89 Å². The average molecular weight is 412 g/mol. The molecule has 128 valence electrons. The van der Waals surface area contributed by atoms with Gasteiger partial charge in [-0.25, -0.2) is 9.78 Å². The van der Waals surface area contributed by atoms with E-state index in [1.807, 2.05) is 6.07 Å². The van der Waals surface area contributed by atoms with E-state index in [-0.39, 0.29) is 17.1 Å². The van der Waals surface area contributed by atoms with Crippen molar-refractivity contribution in [1.29, 1.82) is 5.26 Å². The van der Waals surface area contributed by atoms with Crippen LogP contribution in [0.25, 0.3) is 11.3 Å².